The number of thiazole rings is 1. The maximum atomic E-state index is 6.23. The lowest BCUT2D eigenvalue weighted by Gasteiger charge is -2.22. The summed E-state index contributed by atoms with van der Waals surface area (Å²) in [6.07, 6.45) is 6.45. The Morgan fingerprint density at radius 3 is 3.20 bits per heavy atom. The Hall–Kier alpha value is -0.970. The molecule has 0 fully saturated rings. The van der Waals surface area contributed by atoms with Crippen LogP contribution in [-0.4, -0.2) is 16.5 Å². The third kappa shape index (κ3) is 2.73. The van der Waals surface area contributed by atoms with Crippen molar-refractivity contribution in [2.24, 2.45) is 0 Å². The van der Waals surface area contributed by atoms with Crippen LogP contribution in [0.4, 0.5) is 0 Å². The van der Waals surface area contributed by atoms with Gasteiger partial charge < -0.3 is 5.32 Å². The van der Waals surface area contributed by atoms with E-state index in [1.165, 1.54) is 23.4 Å². The van der Waals surface area contributed by atoms with E-state index in [-0.39, 0.29) is 0 Å². The summed E-state index contributed by atoms with van der Waals surface area (Å²) < 4.78 is 0. The molecular weight excluding hydrogens is 290 g/mol. The van der Waals surface area contributed by atoms with Gasteiger partial charge in [-0.25, -0.2) is 4.98 Å². The molecule has 0 bridgehead atoms. The standard InChI is InChI=1S/C15H18ClN3S/c1-2-8-17-11-6-3-7-12-14(11)19-15(20-12)13-10(16)5-4-9-18-13/h4-5,9,11,17H,2-3,6-8H2,1H3. The highest BCUT2D eigenvalue weighted by Gasteiger charge is 2.25. The fraction of sp³-hybridized carbons (Fsp3) is 0.467. The van der Waals surface area contributed by atoms with E-state index < -0.39 is 0 Å². The van der Waals surface area contributed by atoms with Crippen LogP contribution in [0.2, 0.25) is 5.02 Å². The molecule has 3 rings (SSSR count). The van der Waals surface area contributed by atoms with E-state index in [2.05, 4.69) is 17.2 Å². The van der Waals surface area contributed by atoms with E-state index in [1.54, 1.807) is 17.5 Å². The van der Waals surface area contributed by atoms with Crippen LogP contribution >= 0.6 is 22.9 Å². The monoisotopic (exact) mass is 307 g/mol. The average Bonchev–Trinajstić information content (AvgIpc) is 2.89. The van der Waals surface area contributed by atoms with Gasteiger partial charge in [0.15, 0.2) is 0 Å². The Bertz CT molecular complexity index is 597. The van der Waals surface area contributed by atoms with E-state index >= 15 is 0 Å². The quantitative estimate of drug-likeness (QED) is 0.918. The van der Waals surface area contributed by atoms with Gasteiger partial charge in [0, 0.05) is 11.1 Å². The number of pyridine rings is 1. The second-order valence-electron chi connectivity index (χ2n) is 5.06. The van der Waals surface area contributed by atoms with Gasteiger partial charge in [0.2, 0.25) is 0 Å². The van der Waals surface area contributed by atoms with Gasteiger partial charge in [-0.2, -0.15) is 0 Å². The van der Waals surface area contributed by atoms with Crippen LogP contribution in [0.25, 0.3) is 10.7 Å². The van der Waals surface area contributed by atoms with Gasteiger partial charge in [-0.1, -0.05) is 18.5 Å². The molecule has 5 heteroatoms. The van der Waals surface area contributed by atoms with Crippen molar-refractivity contribution < 1.29 is 0 Å². The summed E-state index contributed by atoms with van der Waals surface area (Å²) in [7, 11) is 0. The van der Waals surface area contributed by atoms with Crippen molar-refractivity contribution >= 4 is 22.9 Å². The van der Waals surface area contributed by atoms with Crippen LogP contribution in [0, 0.1) is 0 Å². The predicted molar refractivity (Wildman–Crippen MR) is 84.3 cm³/mol. The first-order valence-electron chi connectivity index (χ1n) is 7.13. The highest BCUT2D eigenvalue weighted by atomic mass is 35.5. The van der Waals surface area contributed by atoms with Crippen molar-refractivity contribution in [1.82, 2.24) is 15.3 Å². The summed E-state index contributed by atoms with van der Waals surface area (Å²) in [5.74, 6) is 0. The number of hydrogen-bond acceptors (Lipinski definition) is 4. The summed E-state index contributed by atoms with van der Waals surface area (Å²) >= 11 is 7.97. The first kappa shape index (κ1) is 14.0. The lowest BCUT2D eigenvalue weighted by molar-refractivity contribution is 0.454. The normalized spacial score (nSPS) is 18.0. The number of aryl methyl sites for hydroxylation is 1. The van der Waals surface area contributed by atoms with Gasteiger partial charge >= 0.3 is 0 Å². The molecule has 0 radical (unpaired) electrons. The van der Waals surface area contributed by atoms with Crippen molar-refractivity contribution in [2.45, 2.75) is 38.6 Å². The average molecular weight is 308 g/mol. The summed E-state index contributed by atoms with van der Waals surface area (Å²) in [4.78, 5) is 10.6. The molecule has 1 unspecified atom stereocenters. The number of aromatic nitrogens is 2. The van der Waals surface area contributed by atoms with Gasteiger partial charge in [0.05, 0.1) is 16.8 Å². The molecule has 1 aliphatic carbocycles. The number of nitrogens with zero attached hydrogens (tertiary/aromatic N) is 2. The van der Waals surface area contributed by atoms with Crippen molar-refractivity contribution in [3.05, 3.63) is 33.9 Å². The second kappa shape index (κ2) is 6.20. The van der Waals surface area contributed by atoms with Crippen LogP contribution in [0.15, 0.2) is 18.3 Å². The molecule has 0 saturated heterocycles. The van der Waals surface area contributed by atoms with Crippen molar-refractivity contribution in [2.75, 3.05) is 6.54 Å². The van der Waals surface area contributed by atoms with Crippen LogP contribution in [-0.2, 0) is 6.42 Å². The zero-order valence-electron chi connectivity index (χ0n) is 11.5. The van der Waals surface area contributed by atoms with Gasteiger partial charge in [-0.15, -0.1) is 11.3 Å². The van der Waals surface area contributed by atoms with Gasteiger partial charge in [0.1, 0.15) is 10.7 Å². The SMILES string of the molecule is CCCNC1CCCc2sc(-c3ncccc3Cl)nc21. The molecule has 0 aliphatic heterocycles. The Balaban J connectivity index is 1.93. The van der Waals surface area contributed by atoms with Gasteiger partial charge in [0.25, 0.3) is 0 Å². The lowest BCUT2D eigenvalue weighted by atomic mass is 9.97. The van der Waals surface area contributed by atoms with Crippen LogP contribution in [0.3, 0.4) is 0 Å². The molecule has 1 atom stereocenters. The molecule has 3 nitrogen and oxygen atoms in total. The topological polar surface area (TPSA) is 37.8 Å². The van der Waals surface area contributed by atoms with Crippen molar-refractivity contribution in [3.8, 4) is 10.7 Å². The van der Waals surface area contributed by atoms with Crippen molar-refractivity contribution in [3.63, 3.8) is 0 Å². The molecule has 0 saturated carbocycles. The Kier molecular flexibility index (Phi) is 4.34. The van der Waals surface area contributed by atoms with E-state index in [0.717, 1.165) is 30.1 Å². The summed E-state index contributed by atoms with van der Waals surface area (Å²) in [6.45, 7) is 3.23. The summed E-state index contributed by atoms with van der Waals surface area (Å²) in [6, 6.07) is 4.12. The Labute approximate surface area is 128 Å². The first-order valence-corrected chi connectivity index (χ1v) is 8.33. The minimum absolute atomic E-state index is 0.395. The minimum Gasteiger partial charge on any atom is -0.309 e. The van der Waals surface area contributed by atoms with E-state index in [4.69, 9.17) is 16.6 Å². The van der Waals surface area contributed by atoms with Gasteiger partial charge in [-0.3, -0.25) is 4.98 Å². The Morgan fingerprint density at radius 2 is 2.40 bits per heavy atom. The molecule has 1 N–H and O–H groups in total. The maximum Gasteiger partial charge on any atom is 0.143 e. The lowest BCUT2D eigenvalue weighted by Crippen LogP contribution is -2.25. The maximum absolute atomic E-state index is 6.23. The van der Waals surface area contributed by atoms with Gasteiger partial charge in [-0.05, 0) is 44.4 Å². The molecular formula is C15H18ClN3S. The molecule has 0 spiro atoms. The largest absolute Gasteiger partial charge is 0.309 e. The third-order valence-corrected chi connectivity index (χ3v) is 5.00. The molecule has 20 heavy (non-hydrogen) atoms. The number of hydrogen-bond donors (Lipinski definition) is 1. The Morgan fingerprint density at radius 1 is 1.50 bits per heavy atom. The summed E-state index contributed by atoms with van der Waals surface area (Å²) in [5, 5.41) is 5.22. The van der Waals surface area contributed by atoms with E-state index in [9.17, 15) is 0 Å². The molecule has 2 aromatic rings. The molecule has 0 amide bonds. The highest BCUT2D eigenvalue weighted by Crippen LogP contribution is 2.38. The fourth-order valence-electron chi connectivity index (χ4n) is 2.58. The molecule has 106 valence electrons. The smallest absolute Gasteiger partial charge is 0.143 e. The molecule has 2 aromatic heterocycles. The molecule has 1 aliphatic rings. The number of nitrogens with one attached hydrogen (secondary N) is 1. The fourth-order valence-corrected chi connectivity index (χ4v) is 4.02. The van der Waals surface area contributed by atoms with Crippen molar-refractivity contribution in [1.29, 1.82) is 0 Å². The van der Waals surface area contributed by atoms with Crippen LogP contribution in [0.5, 0.6) is 0 Å². The molecule has 0 aromatic carbocycles. The third-order valence-electron chi connectivity index (χ3n) is 3.56. The summed E-state index contributed by atoms with van der Waals surface area (Å²) in [5.41, 5.74) is 2.02. The second-order valence-corrected chi connectivity index (χ2v) is 6.55. The zero-order valence-corrected chi connectivity index (χ0v) is 13.1. The number of fused-ring (bicyclic) bond motifs is 1. The van der Waals surface area contributed by atoms with Crippen LogP contribution in [0.1, 0.15) is 42.8 Å². The first-order chi connectivity index (χ1) is 9.79. The zero-order chi connectivity index (χ0) is 13.9. The predicted octanol–water partition coefficient (Wildman–Crippen LogP) is 4.24. The number of halogens is 1. The van der Waals surface area contributed by atoms with E-state index in [0.29, 0.717) is 11.1 Å². The number of rotatable bonds is 4. The highest BCUT2D eigenvalue weighted by molar-refractivity contribution is 7.15. The van der Waals surface area contributed by atoms with Crippen LogP contribution < -0.4 is 5.32 Å². The van der Waals surface area contributed by atoms with E-state index in [1.807, 2.05) is 12.1 Å². The minimum atomic E-state index is 0.395. The molecule has 2 heterocycles.